The summed E-state index contributed by atoms with van der Waals surface area (Å²) in [4.78, 5) is 0. The fourth-order valence-corrected chi connectivity index (χ4v) is 5.49. The standard InChI is InChI=1S/C20H38/c1-8-13(4)14(5)20-16(7)15(6)17-10-18(11-17)19(20)9-12(2)3/h12-20H,8-11H2,1-7H3. The van der Waals surface area contributed by atoms with Gasteiger partial charge in [0, 0.05) is 0 Å². The van der Waals surface area contributed by atoms with Gasteiger partial charge in [-0.3, -0.25) is 0 Å². The maximum absolute atomic E-state index is 2.59. The van der Waals surface area contributed by atoms with E-state index in [9.17, 15) is 0 Å². The highest BCUT2D eigenvalue weighted by molar-refractivity contribution is 4.99. The van der Waals surface area contributed by atoms with Crippen LogP contribution in [0, 0.1) is 53.3 Å². The highest BCUT2D eigenvalue weighted by atomic mass is 14.5. The molecule has 0 amide bonds. The highest BCUT2D eigenvalue weighted by Gasteiger charge is 2.50. The van der Waals surface area contributed by atoms with Crippen LogP contribution < -0.4 is 0 Å². The Labute approximate surface area is 128 Å². The molecule has 0 aromatic heterocycles. The first kappa shape index (κ1) is 16.4. The van der Waals surface area contributed by atoms with E-state index < -0.39 is 0 Å². The Morgan fingerprint density at radius 3 is 2.00 bits per heavy atom. The molecular formula is C20H38. The maximum Gasteiger partial charge on any atom is -0.0326 e. The van der Waals surface area contributed by atoms with Crippen LogP contribution in [-0.2, 0) is 0 Å². The van der Waals surface area contributed by atoms with Crippen LogP contribution in [0.5, 0.6) is 0 Å². The van der Waals surface area contributed by atoms with Gasteiger partial charge >= 0.3 is 0 Å². The van der Waals surface area contributed by atoms with E-state index >= 15 is 0 Å². The van der Waals surface area contributed by atoms with Gasteiger partial charge in [-0.1, -0.05) is 54.9 Å². The quantitative estimate of drug-likeness (QED) is 0.557. The number of hydrogen-bond donors (Lipinski definition) is 0. The van der Waals surface area contributed by atoms with Crippen LogP contribution >= 0.6 is 0 Å². The van der Waals surface area contributed by atoms with Crippen molar-refractivity contribution in [1.82, 2.24) is 0 Å². The Morgan fingerprint density at radius 2 is 1.50 bits per heavy atom. The van der Waals surface area contributed by atoms with Crippen LogP contribution in [0.4, 0.5) is 0 Å². The van der Waals surface area contributed by atoms with Crippen molar-refractivity contribution < 1.29 is 0 Å². The normalized spacial score (nSPS) is 43.8. The lowest BCUT2D eigenvalue weighted by Crippen LogP contribution is -2.35. The van der Waals surface area contributed by atoms with Gasteiger partial charge in [0.05, 0.1) is 0 Å². The van der Waals surface area contributed by atoms with Crippen molar-refractivity contribution in [3.05, 3.63) is 0 Å². The molecule has 0 saturated heterocycles. The van der Waals surface area contributed by atoms with E-state index in [4.69, 9.17) is 0 Å². The first-order valence-electron chi connectivity index (χ1n) is 9.36. The molecule has 2 bridgehead atoms. The van der Waals surface area contributed by atoms with Crippen molar-refractivity contribution in [2.45, 2.75) is 74.1 Å². The molecule has 3 aliphatic rings. The van der Waals surface area contributed by atoms with E-state index in [-0.39, 0.29) is 0 Å². The maximum atomic E-state index is 2.59. The fraction of sp³-hybridized carbons (Fsp3) is 1.00. The molecule has 0 aliphatic heterocycles. The monoisotopic (exact) mass is 278 g/mol. The van der Waals surface area contributed by atoms with Crippen molar-refractivity contribution in [3.63, 3.8) is 0 Å². The van der Waals surface area contributed by atoms with Crippen molar-refractivity contribution in [1.29, 1.82) is 0 Å². The smallest absolute Gasteiger partial charge is 0.0326 e. The van der Waals surface area contributed by atoms with Crippen molar-refractivity contribution in [3.8, 4) is 0 Å². The van der Waals surface area contributed by atoms with Gasteiger partial charge < -0.3 is 0 Å². The second kappa shape index (κ2) is 6.41. The molecule has 3 aliphatic carbocycles. The van der Waals surface area contributed by atoms with E-state index in [1.807, 2.05) is 0 Å². The summed E-state index contributed by atoms with van der Waals surface area (Å²) in [7, 11) is 0. The van der Waals surface area contributed by atoms with Gasteiger partial charge in [-0.25, -0.2) is 0 Å². The lowest BCUT2D eigenvalue weighted by molar-refractivity contribution is 0.0624. The molecule has 0 nitrogen and oxygen atoms in total. The molecule has 0 N–H and O–H groups in total. The van der Waals surface area contributed by atoms with Gasteiger partial charge in [0.1, 0.15) is 0 Å². The van der Waals surface area contributed by atoms with Crippen molar-refractivity contribution >= 4 is 0 Å². The molecule has 6 atom stereocenters. The summed E-state index contributed by atoms with van der Waals surface area (Å²) in [5.74, 6) is 8.65. The average molecular weight is 279 g/mol. The second-order valence-corrected chi connectivity index (χ2v) is 8.83. The summed E-state index contributed by atoms with van der Waals surface area (Å²) in [6, 6.07) is 0. The Balaban J connectivity index is 2.24. The van der Waals surface area contributed by atoms with E-state index in [0.29, 0.717) is 0 Å². The molecular weight excluding hydrogens is 240 g/mol. The summed E-state index contributed by atoms with van der Waals surface area (Å²) < 4.78 is 0. The van der Waals surface area contributed by atoms with Crippen molar-refractivity contribution in [2.24, 2.45) is 53.3 Å². The minimum absolute atomic E-state index is 0.867. The average Bonchev–Trinajstić information content (AvgIpc) is 2.49. The molecule has 118 valence electrons. The highest BCUT2D eigenvalue weighted by Crippen LogP contribution is 2.57. The zero-order valence-corrected chi connectivity index (χ0v) is 15.0. The molecule has 3 rings (SSSR count). The zero-order chi connectivity index (χ0) is 15.0. The second-order valence-electron chi connectivity index (χ2n) is 8.83. The van der Waals surface area contributed by atoms with Crippen LogP contribution in [0.15, 0.2) is 0 Å². The van der Waals surface area contributed by atoms with Gasteiger partial charge in [0.25, 0.3) is 0 Å². The molecule has 0 heteroatoms. The van der Waals surface area contributed by atoms with Gasteiger partial charge in [-0.2, -0.15) is 0 Å². The lowest BCUT2D eigenvalue weighted by Gasteiger charge is -2.43. The molecule has 6 unspecified atom stereocenters. The first-order chi connectivity index (χ1) is 9.36. The number of fused-ring (bicyclic) bond motifs is 3. The minimum atomic E-state index is 0.867. The third kappa shape index (κ3) is 2.95. The Hall–Kier alpha value is 0. The first-order valence-corrected chi connectivity index (χ1v) is 9.36. The third-order valence-electron chi connectivity index (χ3n) is 7.38. The lowest BCUT2D eigenvalue weighted by atomic mass is 9.62. The molecule has 3 saturated carbocycles. The molecule has 0 spiro atoms. The summed E-state index contributed by atoms with van der Waals surface area (Å²) in [6.45, 7) is 17.4. The molecule has 3 fully saturated rings. The summed E-state index contributed by atoms with van der Waals surface area (Å²) in [6.07, 6.45) is 5.92. The zero-order valence-electron chi connectivity index (χ0n) is 15.0. The van der Waals surface area contributed by atoms with Gasteiger partial charge in [0.15, 0.2) is 0 Å². The summed E-state index contributed by atoms with van der Waals surface area (Å²) in [5.41, 5.74) is 0. The predicted molar refractivity (Wildman–Crippen MR) is 89.6 cm³/mol. The molecule has 0 radical (unpaired) electrons. The Bertz CT molecular complexity index is 299. The largest absolute Gasteiger partial charge is 0.0651 e. The molecule has 20 heavy (non-hydrogen) atoms. The van der Waals surface area contributed by atoms with Crippen LogP contribution in [0.2, 0.25) is 0 Å². The summed E-state index contributed by atoms with van der Waals surface area (Å²) in [5, 5.41) is 0. The molecule has 0 heterocycles. The fourth-order valence-electron chi connectivity index (χ4n) is 5.49. The third-order valence-corrected chi connectivity index (χ3v) is 7.38. The van der Waals surface area contributed by atoms with E-state index in [0.717, 1.165) is 53.3 Å². The number of rotatable bonds is 5. The van der Waals surface area contributed by atoms with Gasteiger partial charge in [-0.15, -0.1) is 0 Å². The predicted octanol–water partition coefficient (Wildman–Crippen LogP) is 6.26. The van der Waals surface area contributed by atoms with Crippen LogP contribution in [0.3, 0.4) is 0 Å². The number of hydrogen-bond acceptors (Lipinski definition) is 0. The van der Waals surface area contributed by atoms with E-state index in [1.165, 1.54) is 12.8 Å². The van der Waals surface area contributed by atoms with Crippen LogP contribution in [0.1, 0.15) is 74.1 Å². The topological polar surface area (TPSA) is 0 Å². The Kier molecular flexibility index (Phi) is 5.24. The molecule has 0 aromatic rings. The SMILES string of the molecule is CCC(C)C(C)C1C(C)C(C)C2CC(C2)C1CC(C)C. The summed E-state index contributed by atoms with van der Waals surface area (Å²) >= 11 is 0. The van der Waals surface area contributed by atoms with Gasteiger partial charge in [-0.05, 0) is 72.5 Å². The molecule has 0 aromatic carbocycles. The van der Waals surface area contributed by atoms with E-state index in [1.54, 1.807) is 12.8 Å². The van der Waals surface area contributed by atoms with E-state index in [2.05, 4.69) is 48.5 Å². The van der Waals surface area contributed by atoms with Crippen LogP contribution in [0.25, 0.3) is 0 Å². The minimum Gasteiger partial charge on any atom is -0.0651 e. The van der Waals surface area contributed by atoms with Gasteiger partial charge in [0.2, 0.25) is 0 Å². The Morgan fingerprint density at radius 1 is 0.900 bits per heavy atom. The van der Waals surface area contributed by atoms with Crippen LogP contribution in [-0.4, -0.2) is 0 Å². The van der Waals surface area contributed by atoms with Crippen molar-refractivity contribution in [2.75, 3.05) is 0 Å².